The van der Waals surface area contributed by atoms with Crippen molar-refractivity contribution in [2.24, 2.45) is 0 Å². The average molecular weight is 394 g/mol. The van der Waals surface area contributed by atoms with Gasteiger partial charge < -0.3 is 18.9 Å². The molecule has 0 aliphatic carbocycles. The van der Waals surface area contributed by atoms with E-state index < -0.39 is 24.2 Å². The Morgan fingerprint density at radius 1 is 1.00 bits per heavy atom. The predicted octanol–water partition coefficient (Wildman–Crippen LogP) is 3.13. The Morgan fingerprint density at radius 2 is 1.62 bits per heavy atom. The number of nitrogens with zero attached hydrogens (tertiary/aromatic N) is 1. The van der Waals surface area contributed by atoms with Crippen molar-refractivity contribution in [1.29, 1.82) is 5.26 Å². The average Bonchev–Trinajstić information content (AvgIpc) is 3.22. The highest BCUT2D eigenvalue weighted by Crippen LogP contribution is 2.40. The maximum Gasteiger partial charge on any atom is 0.187 e. The van der Waals surface area contributed by atoms with Gasteiger partial charge in [0.1, 0.15) is 24.4 Å². The van der Waals surface area contributed by atoms with Crippen LogP contribution >= 0.6 is 0 Å². The largest absolute Gasteiger partial charge is 0.345 e. The molecule has 152 valence electrons. The van der Waals surface area contributed by atoms with Gasteiger partial charge in [0.25, 0.3) is 0 Å². The van der Waals surface area contributed by atoms with E-state index >= 15 is 0 Å². The van der Waals surface area contributed by atoms with E-state index in [0.717, 1.165) is 11.1 Å². The Labute approximate surface area is 171 Å². The van der Waals surface area contributed by atoms with Crippen molar-refractivity contribution in [3.63, 3.8) is 0 Å². The highest BCUT2D eigenvalue weighted by atomic mass is 16.8. The van der Waals surface area contributed by atoms with Crippen molar-refractivity contribution in [1.82, 2.24) is 5.32 Å². The highest BCUT2D eigenvalue weighted by molar-refractivity contribution is 5.16. The minimum absolute atomic E-state index is 0.376. The molecule has 0 saturated carbocycles. The lowest BCUT2D eigenvalue weighted by atomic mass is 10.0. The number of rotatable bonds is 7. The Kier molecular flexibility index (Phi) is 5.95. The van der Waals surface area contributed by atoms with Crippen LogP contribution in [-0.2, 0) is 32.1 Å². The molecule has 0 radical (unpaired) electrons. The van der Waals surface area contributed by atoms with Crippen LogP contribution < -0.4 is 5.32 Å². The first-order valence-electron chi connectivity index (χ1n) is 9.89. The van der Waals surface area contributed by atoms with Crippen LogP contribution in [0.15, 0.2) is 60.7 Å². The number of hydrogen-bond donors (Lipinski definition) is 1. The molecule has 2 heterocycles. The Balaban J connectivity index is 1.45. The molecule has 2 aliphatic rings. The van der Waals surface area contributed by atoms with E-state index in [2.05, 4.69) is 11.4 Å². The van der Waals surface area contributed by atoms with Crippen LogP contribution in [0.2, 0.25) is 0 Å². The van der Waals surface area contributed by atoms with Gasteiger partial charge in [0.15, 0.2) is 12.1 Å². The fourth-order valence-corrected chi connectivity index (χ4v) is 3.81. The second-order valence-corrected chi connectivity index (χ2v) is 7.80. The van der Waals surface area contributed by atoms with Gasteiger partial charge in [-0.25, -0.2) is 0 Å². The summed E-state index contributed by atoms with van der Waals surface area (Å²) in [5, 5.41) is 13.1. The Morgan fingerprint density at radius 3 is 2.28 bits per heavy atom. The van der Waals surface area contributed by atoms with E-state index in [1.165, 1.54) is 0 Å². The normalized spacial score (nSPS) is 28.6. The minimum Gasteiger partial charge on any atom is -0.345 e. The number of benzene rings is 2. The summed E-state index contributed by atoms with van der Waals surface area (Å²) in [6, 6.07) is 21.6. The van der Waals surface area contributed by atoms with Gasteiger partial charge in [-0.3, -0.25) is 5.32 Å². The van der Waals surface area contributed by atoms with Crippen molar-refractivity contribution in [2.45, 2.75) is 63.4 Å². The van der Waals surface area contributed by atoms with Crippen LogP contribution in [0, 0.1) is 11.3 Å². The van der Waals surface area contributed by atoms with Gasteiger partial charge in [-0.05, 0) is 25.0 Å². The molecule has 5 atom stereocenters. The second-order valence-electron chi connectivity index (χ2n) is 7.80. The summed E-state index contributed by atoms with van der Waals surface area (Å²) in [5.41, 5.74) is 2.15. The summed E-state index contributed by atoms with van der Waals surface area (Å²) in [6.07, 6.45) is -1.84. The van der Waals surface area contributed by atoms with E-state index in [1.807, 2.05) is 74.5 Å². The minimum atomic E-state index is -0.745. The Hall–Kier alpha value is -2.27. The number of nitrogens with one attached hydrogen (secondary N) is 1. The van der Waals surface area contributed by atoms with Gasteiger partial charge in [-0.1, -0.05) is 60.7 Å². The zero-order chi connectivity index (χ0) is 20.3. The number of fused-ring (bicyclic) bond motifs is 1. The van der Waals surface area contributed by atoms with E-state index in [9.17, 15) is 5.26 Å². The molecule has 2 fully saturated rings. The molecular weight excluding hydrogens is 368 g/mol. The maximum absolute atomic E-state index is 9.78. The molecule has 0 spiro atoms. The zero-order valence-electron chi connectivity index (χ0n) is 16.7. The first-order valence-corrected chi connectivity index (χ1v) is 9.89. The molecule has 2 aromatic rings. The monoisotopic (exact) mass is 394 g/mol. The van der Waals surface area contributed by atoms with Gasteiger partial charge in [-0.2, -0.15) is 5.26 Å². The van der Waals surface area contributed by atoms with Gasteiger partial charge >= 0.3 is 0 Å². The van der Waals surface area contributed by atoms with Gasteiger partial charge in [0, 0.05) is 6.54 Å². The van der Waals surface area contributed by atoms with E-state index in [-0.39, 0.29) is 12.2 Å². The molecule has 6 nitrogen and oxygen atoms in total. The number of nitriles is 1. The second kappa shape index (κ2) is 8.62. The third-order valence-electron chi connectivity index (χ3n) is 5.14. The predicted molar refractivity (Wildman–Crippen MR) is 106 cm³/mol. The first kappa shape index (κ1) is 20.0. The Bertz CT molecular complexity index is 837. The van der Waals surface area contributed by atoms with Crippen molar-refractivity contribution in [3.05, 3.63) is 71.8 Å². The van der Waals surface area contributed by atoms with Crippen LogP contribution in [0.25, 0.3) is 0 Å². The lowest BCUT2D eigenvalue weighted by Crippen LogP contribution is -2.45. The smallest absolute Gasteiger partial charge is 0.187 e. The summed E-state index contributed by atoms with van der Waals surface area (Å²) < 4.78 is 24.3. The summed E-state index contributed by atoms with van der Waals surface area (Å²) in [7, 11) is 0. The quantitative estimate of drug-likeness (QED) is 0.778. The standard InChI is InChI=1S/C23H26N2O4/c1-23(2)28-20-19(18(13-24)25-14-16-9-5-3-6-10-16)27-22(21(20)29-23)26-15-17-11-7-4-8-12-17/h3-12,18-22,25H,14-15H2,1-2H3/t18-,19-,20+,21+,22+/m1/s1. The molecule has 29 heavy (non-hydrogen) atoms. The van der Waals surface area contributed by atoms with E-state index in [1.54, 1.807) is 0 Å². The molecule has 6 heteroatoms. The highest BCUT2D eigenvalue weighted by Gasteiger charge is 2.57. The van der Waals surface area contributed by atoms with Gasteiger partial charge in [0.2, 0.25) is 0 Å². The molecule has 4 rings (SSSR count). The van der Waals surface area contributed by atoms with Crippen molar-refractivity contribution in [2.75, 3.05) is 0 Å². The summed E-state index contributed by atoms with van der Waals surface area (Å²) in [6.45, 7) is 4.71. The fraction of sp³-hybridized carbons (Fsp3) is 0.435. The molecular formula is C23H26N2O4. The van der Waals surface area contributed by atoms with Gasteiger partial charge in [-0.15, -0.1) is 0 Å². The lowest BCUT2D eigenvalue weighted by molar-refractivity contribution is -0.237. The third-order valence-corrected chi connectivity index (χ3v) is 5.14. The molecule has 2 aromatic carbocycles. The van der Waals surface area contributed by atoms with Crippen molar-refractivity contribution < 1.29 is 18.9 Å². The summed E-state index contributed by atoms with van der Waals surface area (Å²) in [4.78, 5) is 0. The molecule has 0 unspecified atom stereocenters. The SMILES string of the molecule is CC1(C)O[C@@H]2[C@H](O1)[C@@H](OCc1ccccc1)O[C@@H]2[C@@H](C#N)NCc1ccccc1. The molecule has 2 saturated heterocycles. The maximum atomic E-state index is 9.78. The zero-order valence-corrected chi connectivity index (χ0v) is 16.7. The first-order chi connectivity index (χ1) is 14.1. The lowest BCUT2D eigenvalue weighted by Gasteiger charge is -2.26. The topological polar surface area (TPSA) is 72.7 Å². The van der Waals surface area contributed by atoms with Crippen LogP contribution in [-0.4, -0.2) is 36.4 Å². The van der Waals surface area contributed by atoms with Crippen LogP contribution in [0.5, 0.6) is 0 Å². The van der Waals surface area contributed by atoms with E-state index in [4.69, 9.17) is 18.9 Å². The number of ether oxygens (including phenoxy) is 4. The molecule has 0 aromatic heterocycles. The van der Waals surface area contributed by atoms with Crippen molar-refractivity contribution >= 4 is 0 Å². The molecule has 1 N–H and O–H groups in total. The molecule has 2 aliphatic heterocycles. The summed E-state index contributed by atoms with van der Waals surface area (Å²) in [5.74, 6) is -0.745. The van der Waals surface area contributed by atoms with Gasteiger partial charge in [0.05, 0.1) is 12.7 Å². The molecule has 0 bridgehead atoms. The molecule has 0 amide bonds. The number of hydrogen-bond acceptors (Lipinski definition) is 6. The third kappa shape index (κ3) is 4.67. The van der Waals surface area contributed by atoms with Crippen molar-refractivity contribution in [3.8, 4) is 6.07 Å². The van der Waals surface area contributed by atoms with E-state index in [0.29, 0.717) is 13.2 Å². The summed E-state index contributed by atoms with van der Waals surface area (Å²) >= 11 is 0. The van der Waals surface area contributed by atoms with Crippen LogP contribution in [0.4, 0.5) is 0 Å². The van der Waals surface area contributed by atoms with Crippen LogP contribution in [0.3, 0.4) is 0 Å². The fourth-order valence-electron chi connectivity index (χ4n) is 3.81. The van der Waals surface area contributed by atoms with Crippen LogP contribution in [0.1, 0.15) is 25.0 Å².